The van der Waals surface area contributed by atoms with Gasteiger partial charge in [0.1, 0.15) is 0 Å². The van der Waals surface area contributed by atoms with Gasteiger partial charge in [0.15, 0.2) is 0 Å². The minimum absolute atomic E-state index is 0.153. The van der Waals surface area contributed by atoms with Gasteiger partial charge in [-0.15, -0.1) is 0 Å². The zero-order valence-corrected chi connectivity index (χ0v) is 10.6. The van der Waals surface area contributed by atoms with Crippen LogP contribution in [0.2, 0.25) is 0 Å². The molecule has 2 N–H and O–H groups in total. The number of hydrogen-bond acceptors (Lipinski definition) is 3. The van der Waals surface area contributed by atoms with E-state index in [0.29, 0.717) is 5.92 Å². The van der Waals surface area contributed by atoms with Crippen molar-refractivity contribution in [2.75, 3.05) is 6.61 Å². The van der Waals surface area contributed by atoms with Gasteiger partial charge in [-0.1, -0.05) is 20.3 Å². The summed E-state index contributed by atoms with van der Waals surface area (Å²) >= 11 is 0. The van der Waals surface area contributed by atoms with Crippen molar-refractivity contribution < 1.29 is 5.11 Å². The van der Waals surface area contributed by atoms with Crippen molar-refractivity contribution in [1.29, 1.82) is 0 Å². The van der Waals surface area contributed by atoms with Crippen LogP contribution in [0.15, 0.2) is 12.4 Å². The maximum absolute atomic E-state index is 9.35. The molecule has 0 aliphatic carbocycles. The zero-order chi connectivity index (χ0) is 12.1. The summed E-state index contributed by atoms with van der Waals surface area (Å²) in [5, 5.41) is 16.9. The fourth-order valence-corrected chi connectivity index (χ4v) is 1.76. The summed E-state index contributed by atoms with van der Waals surface area (Å²) in [6.07, 6.45) is 4.93. The number of aliphatic hydroxyl groups is 1. The van der Waals surface area contributed by atoms with Crippen LogP contribution in [0.25, 0.3) is 0 Å². The highest BCUT2D eigenvalue weighted by atomic mass is 16.3. The van der Waals surface area contributed by atoms with E-state index in [9.17, 15) is 5.11 Å². The van der Waals surface area contributed by atoms with E-state index >= 15 is 0 Å². The normalized spacial score (nSPS) is 17.1. The molecule has 0 bridgehead atoms. The van der Waals surface area contributed by atoms with E-state index in [1.165, 1.54) is 0 Å². The third-order valence-corrected chi connectivity index (χ3v) is 3.22. The SMILES string of the molecule is CCC(C)C(CO)NC(C)c1cnn(C)c1. The Bertz CT molecular complexity index is 311. The van der Waals surface area contributed by atoms with Crippen LogP contribution in [-0.2, 0) is 7.05 Å². The fraction of sp³-hybridized carbons (Fsp3) is 0.750. The van der Waals surface area contributed by atoms with Crippen molar-refractivity contribution in [3.63, 3.8) is 0 Å². The number of aryl methyl sites for hydroxylation is 1. The molecule has 0 amide bonds. The van der Waals surface area contributed by atoms with Crippen LogP contribution in [0, 0.1) is 5.92 Å². The van der Waals surface area contributed by atoms with Gasteiger partial charge in [0.2, 0.25) is 0 Å². The highest BCUT2D eigenvalue weighted by Gasteiger charge is 2.18. The molecular weight excluding hydrogens is 202 g/mol. The second-order valence-electron chi connectivity index (χ2n) is 4.51. The van der Waals surface area contributed by atoms with Crippen LogP contribution in [0.4, 0.5) is 0 Å². The van der Waals surface area contributed by atoms with Gasteiger partial charge in [-0.3, -0.25) is 4.68 Å². The molecule has 0 fully saturated rings. The van der Waals surface area contributed by atoms with Gasteiger partial charge in [0, 0.05) is 30.9 Å². The maximum atomic E-state index is 9.35. The van der Waals surface area contributed by atoms with Crippen molar-refractivity contribution >= 4 is 0 Å². The Morgan fingerprint density at radius 1 is 1.50 bits per heavy atom. The number of aromatic nitrogens is 2. The number of nitrogens with one attached hydrogen (secondary N) is 1. The Morgan fingerprint density at radius 3 is 2.62 bits per heavy atom. The fourth-order valence-electron chi connectivity index (χ4n) is 1.76. The first-order valence-corrected chi connectivity index (χ1v) is 5.93. The average Bonchev–Trinajstić information content (AvgIpc) is 2.71. The molecule has 3 atom stereocenters. The topological polar surface area (TPSA) is 50.1 Å². The molecule has 1 aromatic heterocycles. The minimum Gasteiger partial charge on any atom is -0.395 e. The number of hydrogen-bond donors (Lipinski definition) is 2. The first-order valence-electron chi connectivity index (χ1n) is 5.93. The molecule has 3 unspecified atom stereocenters. The molecule has 1 rings (SSSR count). The Kier molecular flexibility index (Phi) is 4.96. The van der Waals surface area contributed by atoms with Crippen molar-refractivity contribution in [2.45, 2.75) is 39.3 Å². The summed E-state index contributed by atoms with van der Waals surface area (Å²) in [7, 11) is 1.91. The van der Waals surface area contributed by atoms with Gasteiger partial charge in [-0.05, 0) is 12.8 Å². The Morgan fingerprint density at radius 2 is 2.19 bits per heavy atom. The van der Waals surface area contributed by atoms with E-state index in [4.69, 9.17) is 0 Å². The van der Waals surface area contributed by atoms with E-state index in [2.05, 4.69) is 31.2 Å². The van der Waals surface area contributed by atoms with Gasteiger partial charge in [-0.25, -0.2) is 0 Å². The summed E-state index contributed by atoms with van der Waals surface area (Å²) < 4.78 is 1.80. The quantitative estimate of drug-likeness (QED) is 0.771. The van der Waals surface area contributed by atoms with Crippen LogP contribution in [0.3, 0.4) is 0 Å². The summed E-state index contributed by atoms with van der Waals surface area (Å²) in [5.74, 6) is 0.476. The highest BCUT2D eigenvalue weighted by Crippen LogP contribution is 2.15. The van der Waals surface area contributed by atoms with E-state index in [1.807, 2.05) is 19.4 Å². The Labute approximate surface area is 97.7 Å². The lowest BCUT2D eigenvalue weighted by Gasteiger charge is -2.25. The lowest BCUT2D eigenvalue weighted by Crippen LogP contribution is -2.39. The molecule has 0 aromatic carbocycles. The summed E-state index contributed by atoms with van der Waals surface area (Å²) in [6.45, 7) is 6.58. The predicted octanol–water partition coefficient (Wildman–Crippen LogP) is 1.48. The van der Waals surface area contributed by atoms with E-state index in [0.717, 1.165) is 12.0 Å². The highest BCUT2D eigenvalue weighted by molar-refractivity contribution is 5.09. The van der Waals surface area contributed by atoms with Crippen molar-refractivity contribution in [1.82, 2.24) is 15.1 Å². The summed E-state index contributed by atoms with van der Waals surface area (Å²) in [6, 6.07) is 0.375. The second-order valence-corrected chi connectivity index (χ2v) is 4.51. The molecule has 4 nitrogen and oxygen atoms in total. The molecule has 0 saturated carbocycles. The number of rotatable bonds is 6. The third-order valence-electron chi connectivity index (χ3n) is 3.22. The standard InChI is InChI=1S/C12H23N3O/c1-5-9(2)12(8-16)14-10(3)11-6-13-15(4)7-11/h6-7,9-10,12,14,16H,5,8H2,1-4H3. The first-order chi connectivity index (χ1) is 7.58. The Balaban J connectivity index is 2.58. The molecule has 0 saturated heterocycles. The summed E-state index contributed by atoms with van der Waals surface area (Å²) in [4.78, 5) is 0. The van der Waals surface area contributed by atoms with Crippen LogP contribution in [0.5, 0.6) is 0 Å². The molecule has 0 radical (unpaired) electrons. The van der Waals surface area contributed by atoms with E-state index < -0.39 is 0 Å². The largest absolute Gasteiger partial charge is 0.395 e. The van der Waals surface area contributed by atoms with Gasteiger partial charge in [-0.2, -0.15) is 5.10 Å². The van der Waals surface area contributed by atoms with Crippen molar-refractivity contribution in [3.8, 4) is 0 Å². The molecule has 0 aliphatic rings. The van der Waals surface area contributed by atoms with E-state index in [-0.39, 0.29) is 18.7 Å². The van der Waals surface area contributed by atoms with Crippen LogP contribution in [0.1, 0.15) is 38.8 Å². The lowest BCUT2D eigenvalue weighted by molar-refractivity contribution is 0.192. The van der Waals surface area contributed by atoms with Gasteiger partial charge in [0.25, 0.3) is 0 Å². The minimum atomic E-state index is 0.153. The molecule has 1 aromatic rings. The zero-order valence-electron chi connectivity index (χ0n) is 10.6. The number of aliphatic hydroxyl groups excluding tert-OH is 1. The lowest BCUT2D eigenvalue weighted by atomic mass is 9.98. The molecule has 0 spiro atoms. The molecule has 92 valence electrons. The maximum Gasteiger partial charge on any atom is 0.0587 e. The average molecular weight is 225 g/mol. The number of nitrogens with zero attached hydrogens (tertiary/aromatic N) is 2. The smallest absolute Gasteiger partial charge is 0.0587 e. The van der Waals surface area contributed by atoms with Crippen LogP contribution < -0.4 is 5.32 Å². The third kappa shape index (κ3) is 3.32. The first kappa shape index (κ1) is 13.2. The molecule has 1 heterocycles. The summed E-state index contributed by atoms with van der Waals surface area (Å²) in [5.41, 5.74) is 1.16. The van der Waals surface area contributed by atoms with Crippen LogP contribution in [-0.4, -0.2) is 27.5 Å². The van der Waals surface area contributed by atoms with Gasteiger partial charge < -0.3 is 10.4 Å². The van der Waals surface area contributed by atoms with Gasteiger partial charge >= 0.3 is 0 Å². The van der Waals surface area contributed by atoms with E-state index in [1.54, 1.807) is 4.68 Å². The van der Waals surface area contributed by atoms with Crippen molar-refractivity contribution in [2.24, 2.45) is 13.0 Å². The molecule has 16 heavy (non-hydrogen) atoms. The van der Waals surface area contributed by atoms with Crippen molar-refractivity contribution in [3.05, 3.63) is 18.0 Å². The second kappa shape index (κ2) is 6.01. The molecule has 0 aliphatic heterocycles. The molecular formula is C12H23N3O. The molecule has 4 heteroatoms. The Hall–Kier alpha value is -0.870. The van der Waals surface area contributed by atoms with Gasteiger partial charge in [0.05, 0.1) is 12.8 Å². The van der Waals surface area contributed by atoms with Crippen LogP contribution >= 0.6 is 0 Å². The predicted molar refractivity (Wildman–Crippen MR) is 65.1 cm³/mol. The monoisotopic (exact) mass is 225 g/mol.